The molecule has 6 N–H and O–H groups in total. The van der Waals surface area contributed by atoms with Crippen molar-refractivity contribution in [1.82, 2.24) is 19.9 Å². The highest BCUT2D eigenvalue weighted by molar-refractivity contribution is 6.00. The van der Waals surface area contributed by atoms with Crippen molar-refractivity contribution in [2.24, 2.45) is 0 Å². The minimum absolute atomic E-state index is 0.180. The second kappa shape index (κ2) is 9.91. The summed E-state index contributed by atoms with van der Waals surface area (Å²) in [7, 11) is 0. The maximum atomic E-state index is 14.0. The van der Waals surface area contributed by atoms with Crippen LogP contribution in [0.3, 0.4) is 0 Å². The standard InChI is InChI=1S/C25H23F4N7O2/c26-18-8-3-14(25(27,28)29)9-19(18)34-24(38)33-16-4-1-13(2-5-16)21-17(11-37)20(10-31-15-6-7-15)36-12-32-35-23(30)22(21)36/h1-5,8-9,12,15,31,37H,6-7,10-11H2,(H2,30,35)(H2,33,34,38). The fourth-order valence-electron chi connectivity index (χ4n) is 4.26. The maximum Gasteiger partial charge on any atom is 0.416 e. The highest BCUT2D eigenvalue weighted by atomic mass is 19.4. The van der Waals surface area contributed by atoms with Crippen molar-refractivity contribution in [3.05, 3.63) is 71.4 Å². The third-order valence-electron chi connectivity index (χ3n) is 6.26. The molecule has 2 aromatic heterocycles. The molecule has 38 heavy (non-hydrogen) atoms. The van der Waals surface area contributed by atoms with Crippen LogP contribution in [-0.2, 0) is 19.3 Å². The molecular formula is C25H23F4N7O2. The molecule has 1 aliphatic rings. The molecule has 2 amide bonds. The van der Waals surface area contributed by atoms with E-state index in [2.05, 4.69) is 26.1 Å². The number of hydrogen-bond donors (Lipinski definition) is 5. The number of nitrogens with two attached hydrogens (primary N) is 1. The van der Waals surface area contributed by atoms with Gasteiger partial charge in [-0.25, -0.2) is 9.18 Å². The number of hydrogen-bond acceptors (Lipinski definition) is 6. The first-order valence-corrected chi connectivity index (χ1v) is 11.7. The quantitative estimate of drug-likeness (QED) is 0.224. The Morgan fingerprint density at radius 2 is 1.87 bits per heavy atom. The van der Waals surface area contributed by atoms with Gasteiger partial charge in [0.1, 0.15) is 12.1 Å². The molecule has 0 aliphatic heterocycles. The van der Waals surface area contributed by atoms with Crippen LogP contribution in [0.2, 0.25) is 0 Å². The fourth-order valence-corrected chi connectivity index (χ4v) is 4.26. The van der Waals surface area contributed by atoms with Crippen LogP contribution in [0.5, 0.6) is 0 Å². The molecule has 0 bridgehead atoms. The number of aliphatic hydroxyl groups is 1. The van der Waals surface area contributed by atoms with Crippen molar-refractivity contribution in [3.63, 3.8) is 0 Å². The molecule has 0 radical (unpaired) electrons. The topological polar surface area (TPSA) is 130 Å². The van der Waals surface area contributed by atoms with E-state index in [1.165, 1.54) is 6.33 Å². The summed E-state index contributed by atoms with van der Waals surface area (Å²) >= 11 is 0. The SMILES string of the molecule is Nc1nncn2c(CNC3CC3)c(CO)c(-c3ccc(NC(=O)Nc4cc(C(F)(F)F)ccc4F)cc3)c12. The van der Waals surface area contributed by atoms with E-state index in [9.17, 15) is 27.5 Å². The van der Waals surface area contributed by atoms with Gasteiger partial charge in [0.25, 0.3) is 0 Å². The summed E-state index contributed by atoms with van der Waals surface area (Å²) in [4.78, 5) is 12.4. The molecular weight excluding hydrogens is 506 g/mol. The Balaban J connectivity index is 1.39. The molecule has 4 aromatic rings. The average molecular weight is 529 g/mol. The van der Waals surface area contributed by atoms with E-state index in [0.717, 1.165) is 18.5 Å². The van der Waals surface area contributed by atoms with E-state index in [1.54, 1.807) is 28.7 Å². The van der Waals surface area contributed by atoms with E-state index in [-0.39, 0.29) is 12.4 Å². The lowest BCUT2D eigenvalue weighted by molar-refractivity contribution is -0.137. The van der Waals surface area contributed by atoms with Crippen LogP contribution in [-0.4, -0.2) is 31.8 Å². The first-order valence-electron chi connectivity index (χ1n) is 11.7. The number of carbonyl (C=O) groups is 1. The molecule has 9 nitrogen and oxygen atoms in total. The predicted molar refractivity (Wildman–Crippen MR) is 133 cm³/mol. The second-order valence-corrected chi connectivity index (χ2v) is 8.90. The molecule has 198 valence electrons. The number of halogens is 4. The lowest BCUT2D eigenvalue weighted by atomic mass is 10.0. The Labute approximate surface area is 213 Å². The van der Waals surface area contributed by atoms with Crippen LogP contribution >= 0.6 is 0 Å². The van der Waals surface area contributed by atoms with Crippen molar-refractivity contribution in [3.8, 4) is 11.1 Å². The molecule has 5 rings (SSSR count). The number of fused-ring (bicyclic) bond motifs is 1. The van der Waals surface area contributed by atoms with Gasteiger partial charge >= 0.3 is 12.2 Å². The lowest BCUT2D eigenvalue weighted by Crippen LogP contribution is -2.20. The molecule has 0 atom stereocenters. The Kier molecular flexibility index (Phi) is 6.63. The number of benzene rings is 2. The van der Waals surface area contributed by atoms with Crippen molar-refractivity contribution in [1.29, 1.82) is 0 Å². The zero-order valence-electron chi connectivity index (χ0n) is 19.8. The highest BCUT2D eigenvalue weighted by Crippen LogP contribution is 2.37. The monoisotopic (exact) mass is 529 g/mol. The van der Waals surface area contributed by atoms with Gasteiger partial charge in [-0.05, 0) is 48.7 Å². The van der Waals surface area contributed by atoms with E-state index in [0.29, 0.717) is 58.7 Å². The highest BCUT2D eigenvalue weighted by Gasteiger charge is 2.31. The molecule has 0 saturated heterocycles. The largest absolute Gasteiger partial charge is 0.416 e. The van der Waals surface area contributed by atoms with Crippen LogP contribution in [0.1, 0.15) is 29.7 Å². The Morgan fingerprint density at radius 3 is 2.53 bits per heavy atom. The number of anilines is 3. The minimum atomic E-state index is -4.68. The van der Waals surface area contributed by atoms with E-state index >= 15 is 0 Å². The third kappa shape index (κ3) is 5.10. The summed E-state index contributed by atoms with van der Waals surface area (Å²) in [6, 6.07) is 7.77. The average Bonchev–Trinajstić information content (AvgIpc) is 3.64. The number of aliphatic hydroxyl groups excluding tert-OH is 1. The lowest BCUT2D eigenvalue weighted by Gasteiger charge is -2.12. The summed E-state index contributed by atoms with van der Waals surface area (Å²) in [5.41, 5.74) is 8.13. The summed E-state index contributed by atoms with van der Waals surface area (Å²) in [6.45, 7) is 0.238. The number of aromatic nitrogens is 3. The molecule has 1 saturated carbocycles. The third-order valence-corrected chi connectivity index (χ3v) is 6.26. The Hall–Kier alpha value is -4.23. The van der Waals surface area contributed by atoms with Crippen molar-refractivity contribution in [2.75, 3.05) is 16.4 Å². The smallest absolute Gasteiger partial charge is 0.392 e. The van der Waals surface area contributed by atoms with Crippen LogP contribution < -0.4 is 21.7 Å². The van der Waals surface area contributed by atoms with Crippen LogP contribution in [0.15, 0.2) is 48.8 Å². The van der Waals surface area contributed by atoms with Gasteiger partial charge in [0.15, 0.2) is 5.82 Å². The normalized spacial score (nSPS) is 13.6. The van der Waals surface area contributed by atoms with Gasteiger partial charge in [-0.1, -0.05) is 12.1 Å². The van der Waals surface area contributed by atoms with Gasteiger partial charge in [0.05, 0.1) is 23.4 Å². The Morgan fingerprint density at radius 1 is 1.13 bits per heavy atom. The van der Waals surface area contributed by atoms with E-state index in [4.69, 9.17) is 5.73 Å². The zero-order chi connectivity index (χ0) is 27.0. The number of amides is 2. The summed E-state index contributed by atoms with van der Waals surface area (Å²) in [6.07, 6.45) is -0.967. The van der Waals surface area contributed by atoms with Gasteiger partial charge in [-0.3, -0.25) is 4.40 Å². The minimum Gasteiger partial charge on any atom is -0.392 e. The van der Waals surface area contributed by atoms with Crippen LogP contribution in [0, 0.1) is 5.82 Å². The van der Waals surface area contributed by atoms with Gasteiger partial charge < -0.3 is 26.8 Å². The van der Waals surface area contributed by atoms with Crippen molar-refractivity contribution < 1.29 is 27.5 Å². The number of urea groups is 1. The molecule has 0 unspecified atom stereocenters. The molecule has 0 spiro atoms. The number of nitrogen functional groups attached to an aromatic ring is 1. The number of nitrogens with zero attached hydrogens (tertiary/aromatic N) is 3. The summed E-state index contributed by atoms with van der Waals surface area (Å²) < 4.78 is 54.6. The predicted octanol–water partition coefficient (Wildman–Crippen LogP) is 4.52. The number of rotatable bonds is 7. The molecule has 1 aliphatic carbocycles. The number of carbonyl (C=O) groups excluding carboxylic acids is 1. The van der Waals surface area contributed by atoms with Gasteiger partial charge in [0.2, 0.25) is 0 Å². The number of alkyl halides is 3. The van der Waals surface area contributed by atoms with E-state index < -0.39 is 29.3 Å². The van der Waals surface area contributed by atoms with Crippen LogP contribution in [0.4, 0.5) is 39.5 Å². The molecule has 1 fully saturated rings. The van der Waals surface area contributed by atoms with Crippen molar-refractivity contribution in [2.45, 2.75) is 38.2 Å². The van der Waals surface area contributed by atoms with Gasteiger partial charge in [-0.2, -0.15) is 13.2 Å². The molecule has 2 aromatic carbocycles. The summed E-state index contributed by atoms with van der Waals surface area (Å²) in [5, 5.41) is 26.1. The van der Waals surface area contributed by atoms with Gasteiger partial charge in [-0.15, -0.1) is 10.2 Å². The second-order valence-electron chi connectivity index (χ2n) is 8.90. The zero-order valence-corrected chi connectivity index (χ0v) is 19.8. The molecule has 2 heterocycles. The number of nitrogens with one attached hydrogen (secondary N) is 3. The Bertz CT molecular complexity index is 1500. The van der Waals surface area contributed by atoms with Crippen molar-refractivity contribution >= 4 is 28.7 Å². The first kappa shape index (κ1) is 25.4. The first-order chi connectivity index (χ1) is 18.2. The molecule has 13 heteroatoms. The van der Waals surface area contributed by atoms with E-state index in [1.807, 2.05) is 0 Å². The van der Waals surface area contributed by atoms with Gasteiger partial charge in [0, 0.05) is 35.1 Å². The fraction of sp³-hybridized carbons (Fsp3) is 0.240. The maximum absolute atomic E-state index is 14.0. The summed E-state index contributed by atoms with van der Waals surface area (Å²) in [5.74, 6) is -0.826. The van der Waals surface area contributed by atoms with Crippen LogP contribution in [0.25, 0.3) is 16.6 Å².